The van der Waals surface area contributed by atoms with Crippen LogP contribution in [0.25, 0.3) is 0 Å². The number of nitrogens with one attached hydrogen (secondary N) is 1. The minimum absolute atomic E-state index is 0.000536. The van der Waals surface area contributed by atoms with Gasteiger partial charge < -0.3 is 20.3 Å². The molecule has 0 rings (SSSR count). The lowest BCUT2D eigenvalue weighted by molar-refractivity contribution is -0.143. The molecule has 1 amide bonds. The smallest absolute Gasteiger partial charge is 0.305 e. The Balaban J connectivity index is 3.43. The molecule has 0 saturated heterocycles. The second-order valence-electron chi connectivity index (χ2n) is 21.4. The number of aliphatic hydroxyl groups is 2. The van der Waals surface area contributed by atoms with Crippen molar-refractivity contribution in [2.75, 3.05) is 13.2 Å². The third-order valence-electron chi connectivity index (χ3n) is 14.4. The van der Waals surface area contributed by atoms with Crippen LogP contribution in [0.5, 0.6) is 0 Å². The van der Waals surface area contributed by atoms with Crippen LogP contribution in [0.15, 0.2) is 36.5 Å². The number of rotatable bonds is 58. The van der Waals surface area contributed by atoms with Crippen LogP contribution in [0, 0.1) is 0 Å². The van der Waals surface area contributed by atoms with E-state index in [-0.39, 0.29) is 18.5 Å². The van der Waals surface area contributed by atoms with Gasteiger partial charge >= 0.3 is 5.97 Å². The van der Waals surface area contributed by atoms with E-state index in [1.165, 1.54) is 238 Å². The number of hydrogen-bond donors (Lipinski definition) is 3. The summed E-state index contributed by atoms with van der Waals surface area (Å²) in [6.45, 7) is 4.93. The minimum Gasteiger partial charge on any atom is -0.466 e. The lowest BCUT2D eigenvalue weighted by Crippen LogP contribution is -2.45. The van der Waals surface area contributed by atoms with Gasteiger partial charge in [-0.15, -0.1) is 0 Å². The van der Waals surface area contributed by atoms with Crippen molar-refractivity contribution in [1.29, 1.82) is 0 Å². The van der Waals surface area contributed by atoms with Crippen LogP contribution in [0.1, 0.15) is 335 Å². The largest absolute Gasteiger partial charge is 0.466 e. The van der Waals surface area contributed by atoms with Gasteiger partial charge in [-0.3, -0.25) is 9.59 Å². The Labute approximate surface area is 436 Å². The Bertz CT molecular complexity index is 1130. The van der Waals surface area contributed by atoms with E-state index >= 15 is 0 Å². The highest BCUT2D eigenvalue weighted by Gasteiger charge is 2.20. The fraction of sp³-hybridized carbons (Fsp3) is 0.875. The molecule has 6 nitrogen and oxygen atoms in total. The fourth-order valence-corrected chi connectivity index (χ4v) is 9.61. The van der Waals surface area contributed by atoms with Crippen LogP contribution < -0.4 is 5.32 Å². The van der Waals surface area contributed by atoms with E-state index in [2.05, 4.69) is 55.6 Å². The summed E-state index contributed by atoms with van der Waals surface area (Å²) in [6.07, 6.45) is 74.3. The zero-order valence-corrected chi connectivity index (χ0v) is 47.0. The molecule has 0 aromatic carbocycles. The molecule has 0 aliphatic rings. The summed E-state index contributed by atoms with van der Waals surface area (Å²) in [5, 5.41) is 23.3. The summed E-state index contributed by atoms with van der Waals surface area (Å²) in [5.74, 6) is -0.0483. The molecule has 2 unspecified atom stereocenters. The standard InChI is InChI=1S/C64H121NO5/c1-3-5-7-9-11-13-15-17-19-21-22-26-30-34-38-42-46-50-54-58-64(69)70-59-55-51-47-43-39-35-31-27-24-23-25-29-33-37-41-45-49-53-57-63(68)65-61(60-66)62(67)56-52-48-44-40-36-32-28-20-18-16-14-12-10-8-6-4-2/h11,13,17,19,25,29,61-62,66-67H,3-10,12,14-16,18,20-24,26-28,30-60H2,1-2H3,(H,65,68)/b13-11-,19-17-,29-25-. The zero-order valence-electron chi connectivity index (χ0n) is 47.0. The first-order valence-corrected chi connectivity index (χ1v) is 31.2. The monoisotopic (exact) mass is 984 g/mol. The molecule has 6 heteroatoms. The molecule has 0 spiro atoms. The lowest BCUT2D eigenvalue weighted by atomic mass is 10.0. The maximum Gasteiger partial charge on any atom is 0.305 e. The van der Waals surface area contributed by atoms with E-state index in [4.69, 9.17) is 4.74 Å². The van der Waals surface area contributed by atoms with Crippen molar-refractivity contribution in [3.63, 3.8) is 0 Å². The van der Waals surface area contributed by atoms with Crippen molar-refractivity contribution >= 4 is 11.9 Å². The van der Waals surface area contributed by atoms with E-state index in [0.29, 0.717) is 25.9 Å². The molecule has 0 bridgehead atoms. The Hall–Kier alpha value is -1.92. The Morgan fingerprint density at radius 3 is 1.13 bits per heavy atom. The Kier molecular flexibility index (Phi) is 58.0. The van der Waals surface area contributed by atoms with Gasteiger partial charge in [0.25, 0.3) is 0 Å². The number of hydrogen-bond acceptors (Lipinski definition) is 5. The molecule has 0 heterocycles. The summed E-state index contributed by atoms with van der Waals surface area (Å²) >= 11 is 0. The number of ether oxygens (including phenoxy) is 1. The summed E-state index contributed by atoms with van der Waals surface area (Å²) < 4.78 is 5.49. The average molecular weight is 985 g/mol. The highest BCUT2D eigenvalue weighted by molar-refractivity contribution is 5.76. The number of amides is 1. The number of aliphatic hydroxyl groups excluding tert-OH is 2. The van der Waals surface area contributed by atoms with E-state index in [9.17, 15) is 19.8 Å². The van der Waals surface area contributed by atoms with Gasteiger partial charge in [-0.25, -0.2) is 0 Å². The van der Waals surface area contributed by atoms with Gasteiger partial charge in [0, 0.05) is 12.8 Å². The summed E-state index contributed by atoms with van der Waals surface area (Å²) in [6, 6.07) is -0.552. The van der Waals surface area contributed by atoms with Crippen molar-refractivity contribution in [1.82, 2.24) is 5.32 Å². The SMILES string of the molecule is CCCCC/C=C\C/C=C\CCCCCCCCCCCC(=O)OCCCCCCCCCCC/C=C\CCCCCCCC(=O)NC(CO)C(O)CCCCCCCCCCCCCCCCCC. The van der Waals surface area contributed by atoms with Crippen LogP contribution in [0.4, 0.5) is 0 Å². The topological polar surface area (TPSA) is 95.9 Å². The summed E-state index contributed by atoms with van der Waals surface area (Å²) in [7, 11) is 0. The van der Waals surface area contributed by atoms with Crippen LogP contribution in [-0.4, -0.2) is 47.4 Å². The first-order valence-electron chi connectivity index (χ1n) is 31.2. The van der Waals surface area contributed by atoms with Crippen molar-refractivity contribution < 1.29 is 24.5 Å². The second kappa shape index (κ2) is 59.6. The lowest BCUT2D eigenvalue weighted by Gasteiger charge is -2.22. The van der Waals surface area contributed by atoms with Crippen molar-refractivity contribution in [3.05, 3.63) is 36.5 Å². The summed E-state index contributed by atoms with van der Waals surface area (Å²) in [5.41, 5.74) is 0. The van der Waals surface area contributed by atoms with E-state index < -0.39 is 12.1 Å². The number of carbonyl (C=O) groups is 2. The predicted molar refractivity (Wildman–Crippen MR) is 306 cm³/mol. The second-order valence-corrected chi connectivity index (χ2v) is 21.4. The van der Waals surface area contributed by atoms with Gasteiger partial charge in [0.1, 0.15) is 0 Å². The molecule has 412 valence electrons. The van der Waals surface area contributed by atoms with Crippen molar-refractivity contribution in [2.24, 2.45) is 0 Å². The molecule has 2 atom stereocenters. The van der Waals surface area contributed by atoms with E-state index in [1.54, 1.807) is 0 Å². The maximum absolute atomic E-state index is 12.5. The molecule has 0 aromatic rings. The highest BCUT2D eigenvalue weighted by atomic mass is 16.5. The molecule has 3 N–H and O–H groups in total. The molecule has 0 aliphatic heterocycles. The number of carbonyl (C=O) groups excluding carboxylic acids is 2. The van der Waals surface area contributed by atoms with Gasteiger partial charge in [0.15, 0.2) is 0 Å². The van der Waals surface area contributed by atoms with Gasteiger partial charge in [-0.1, -0.05) is 275 Å². The molecule has 0 radical (unpaired) electrons. The van der Waals surface area contributed by atoms with E-state index in [1.807, 2.05) is 0 Å². The van der Waals surface area contributed by atoms with Crippen molar-refractivity contribution in [3.8, 4) is 0 Å². The number of allylic oxidation sites excluding steroid dienone is 6. The van der Waals surface area contributed by atoms with Crippen LogP contribution in [-0.2, 0) is 14.3 Å². The van der Waals surface area contributed by atoms with Gasteiger partial charge in [-0.2, -0.15) is 0 Å². The molecule has 70 heavy (non-hydrogen) atoms. The Morgan fingerprint density at radius 1 is 0.400 bits per heavy atom. The van der Waals surface area contributed by atoms with Gasteiger partial charge in [0.2, 0.25) is 5.91 Å². The third kappa shape index (κ3) is 55.4. The first kappa shape index (κ1) is 68.1. The highest BCUT2D eigenvalue weighted by Crippen LogP contribution is 2.17. The third-order valence-corrected chi connectivity index (χ3v) is 14.4. The Morgan fingerprint density at radius 2 is 0.714 bits per heavy atom. The van der Waals surface area contributed by atoms with Crippen LogP contribution in [0.2, 0.25) is 0 Å². The quantitative estimate of drug-likeness (QED) is 0.0321. The van der Waals surface area contributed by atoms with Gasteiger partial charge in [0.05, 0.1) is 25.4 Å². The molecule has 0 aliphatic carbocycles. The molecule has 0 fully saturated rings. The predicted octanol–water partition coefficient (Wildman–Crippen LogP) is 19.6. The molecular weight excluding hydrogens is 863 g/mol. The molecular formula is C64H121NO5. The molecule has 0 saturated carbocycles. The fourth-order valence-electron chi connectivity index (χ4n) is 9.61. The average Bonchev–Trinajstić information content (AvgIpc) is 3.36. The van der Waals surface area contributed by atoms with Crippen molar-refractivity contribution in [2.45, 2.75) is 347 Å². The van der Waals surface area contributed by atoms with Gasteiger partial charge in [-0.05, 0) is 83.5 Å². The first-order chi connectivity index (χ1) is 34.5. The van der Waals surface area contributed by atoms with Crippen LogP contribution >= 0.6 is 0 Å². The summed E-state index contributed by atoms with van der Waals surface area (Å²) in [4.78, 5) is 24.6. The maximum atomic E-state index is 12.5. The normalized spacial score (nSPS) is 12.8. The zero-order chi connectivity index (χ0) is 50.7. The number of esters is 1. The van der Waals surface area contributed by atoms with E-state index in [0.717, 1.165) is 64.2 Å². The number of unbranched alkanes of at least 4 members (excludes halogenated alkanes) is 41. The van der Waals surface area contributed by atoms with Crippen LogP contribution in [0.3, 0.4) is 0 Å². The minimum atomic E-state index is -0.673. The molecule has 0 aromatic heterocycles.